The van der Waals surface area contributed by atoms with Gasteiger partial charge in [0.2, 0.25) is 11.8 Å². The van der Waals surface area contributed by atoms with Crippen LogP contribution in [0.5, 0.6) is 5.75 Å². The fourth-order valence-electron chi connectivity index (χ4n) is 3.58. The van der Waals surface area contributed by atoms with Gasteiger partial charge in [0.1, 0.15) is 5.75 Å². The second-order valence-corrected chi connectivity index (χ2v) is 7.92. The molecule has 0 bridgehead atoms. The normalized spacial score (nSPS) is 10.7. The number of hydrogen-bond donors (Lipinski definition) is 1. The van der Waals surface area contributed by atoms with Gasteiger partial charge in [0.05, 0.1) is 19.9 Å². The van der Waals surface area contributed by atoms with Crippen molar-refractivity contribution in [1.29, 1.82) is 0 Å². The Balaban J connectivity index is 1.51. The SMILES string of the molecule is COc1ccc(-c2cnc(CCC(=O)N(C)CC(=O)Nc3c(C)cc(C)cc3C)o2)cc1. The number of likely N-dealkylation sites (N-methyl/N-ethyl adjacent to an activating group) is 1. The molecule has 1 aromatic heterocycles. The largest absolute Gasteiger partial charge is 0.497 e. The van der Waals surface area contributed by atoms with E-state index >= 15 is 0 Å². The number of oxazole rings is 1. The first-order chi connectivity index (χ1) is 15.3. The van der Waals surface area contributed by atoms with Crippen molar-refractivity contribution >= 4 is 17.5 Å². The van der Waals surface area contributed by atoms with Crippen LogP contribution in [-0.4, -0.2) is 42.4 Å². The molecule has 0 fully saturated rings. The Morgan fingerprint density at radius 1 is 1.09 bits per heavy atom. The molecule has 0 aliphatic carbocycles. The van der Waals surface area contributed by atoms with Gasteiger partial charge in [0, 0.05) is 31.1 Å². The Hall–Kier alpha value is -3.61. The number of hydrogen-bond acceptors (Lipinski definition) is 5. The maximum Gasteiger partial charge on any atom is 0.243 e. The van der Waals surface area contributed by atoms with E-state index in [1.54, 1.807) is 20.4 Å². The molecular formula is C25H29N3O4. The molecule has 1 heterocycles. The summed E-state index contributed by atoms with van der Waals surface area (Å²) in [5, 5.41) is 2.92. The van der Waals surface area contributed by atoms with Crippen LogP contribution < -0.4 is 10.1 Å². The molecule has 0 atom stereocenters. The van der Waals surface area contributed by atoms with Crippen LogP contribution in [0.15, 0.2) is 47.0 Å². The first-order valence-corrected chi connectivity index (χ1v) is 10.5. The summed E-state index contributed by atoms with van der Waals surface area (Å²) in [6.07, 6.45) is 2.21. The van der Waals surface area contributed by atoms with Gasteiger partial charge in [-0.25, -0.2) is 4.98 Å². The minimum atomic E-state index is -0.228. The van der Waals surface area contributed by atoms with Gasteiger partial charge in [-0.1, -0.05) is 17.7 Å². The predicted octanol–water partition coefficient (Wildman–Crippen LogP) is 4.31. The smallest absolute Gasteiger partial charge is 0.243 e. The molecule has 168 valence electrons. The quantitative estimate of drug-likeness (QED) is 0.570. The fourth-order valence-corrected chi connectivity index (χ4v) is 3.58. The highest BCUT2D eigenvalue weighted by Gasteiger charge is 2.16. The number of nitrogens with one attached hydrogen (secondary N) is 1. The zero-order valence-electron chi connectivity index (χ0n) is 19.2. The van der Waals surface area contributed by atoms with Crippen molar-refractivity contribution in [1.82, 2.24) is 9.88 Å². The molecule has 0 spiro atoms. The highest BCUT2D eigenvalue weighted by Crippen LogP contribution is 2.24. The zero-order chi connectivity index (χ0) is 23.3. The number of nitrogens with zero attached hydrogens (tertiary/aromatic N) is 2. The molecule has 0 aliphatic heterocycles. The molecule has 2 amide bonds. The van der Waals surface area contributed by atoms with E-state index in [-0.39, 0.29) is 24.8 Å². The molecule has 3 rings (SSSR count). The Bertz CT molecular complexity index is 1080. The van der Waals surface area contributed by atoms with E-state index in [0.717, 1.165) is 33.7 Å². The van der Waals surface area contributed by atoms with Crippen molar-refractivity contribution in [3.05, 3.63) is 65.2 Å². The van der Waals surface area contributed by atoms with E-state index < -0.39 is 0 Å². The number of carbonyl (C=O) groups is 2. The highest BCUT2D eigenvalue weighted by molar-refractivity contribution is 5.95. The van der Waals surface area contributed by atoms with Gasteiger partial charge in [-0.05, 0) is 56.2 Å². The van der Waals surface area contributed by atoms with E-state index in [4.69, 9.17) is 9.15 Å². The van der Waals surface area contributed by atoms with Crippen molar-refractivity contribution in [2.75, 3.05) is 26.0 Å². The van der Waals surface area contributed by atoms with Gasteiger partial charge in [-0.15, -0.1) is 0 Å². The molecule has 0 aliphatic rings. The van der Waals surface area contributed by atoms with Gasteiger partial charge < -0.3 is 19.4 Å². The van der Waals surface area contributed by atoms with Gasteiger partial charge in [0.25, 0.3) is 0 Å². The molecular weight excluding hydrogens is 406 g/mol. The number of aromatic nitrogens is 1. The minimum absolute atomic E-state index is 0.0196. The van der Waals surface area contributed by atoms with Crippen LogP contribution in [0.3, 0.4) is 0 Å². The number of aryl methyl sites for hydroxylation is 4. The van der Waals surface area contributed by atoms with Crippen LogP contribution in [0.2, 0.25) is 0 Å². The first-order valence-electron chi connectivity index (χ1n) is 10.5. The average molecular weight is 436 g/mol. The summed E-state index contributed by atoms with van der Waals surface area (Å²) in [6.45, 7) is 5.92. The predicted molar refractivity (Wildman–Crippen MR) is 124 cm³/mol. The molecule has 7 heteroatoms. The third-order valence-electron chi connectivity index (χ3n) is 5.23. The molecule has 2 aromatic carbocycles. The molecule has 1 N–H and O–H groups in total. The summed E-state index contributed by atoms with van der Waals surface area (Å²) in [5.41, 5.74) is 4.83. The number of ether oxygens (including phenoxy) is 1. The number of anilines is 1. The Morgan fingerprint density at radius 3 is 2.38 bits per heavy atom. The second kappa shape index (κ2) is 10.1. The molecule has 0 radical (unpaired) electrons. The monoisotopic (exact) mass is 435 g/mol. The Morgan fingerprint density at radius 2 is 1.75 bits per heavy atom. The topological polar surface area (TPSA) is 84.7 Å². The van der Waals surface area contributed by atoms with Crippen LogP contribution in [0.25, 0.3) is 11.3 Å². The van der Waals surface area contributed by atoms with Crippen LogP contribution in [0, 0.1) is 20.8 Å². The average Bonchev–Trinajstić information content (AvgIpc) is 3.23. The van der Waals surface area contributed by atoms with Crippen LogP contribution in [0.1, 0.15) is 29.0 Å². The Labute approximate surface area is 188 Å². The summed E-state index contributed by atoms with van der Waals surface area (Å²) < 4.78 is 10.9. The van der Waals surface area contributed by atoms with Crippen LogP contribution >= 0.6 is 0 Å². The van der Waals surface area contributed by atoms with E-state index in [9.17, 15) is 9.59 Å². The number of rotatable bonds is 8. The number of methoxy groups -OCH3 is 1. The van der Waals surface area contributed by atoms with Crippen molar-refractivity contribution in [3.8, 4) is 17.1 Å². The number of carbonyl (C=O) groups excluding carboxylic acids is 2. The van der Waals surface area contributed by atoms with Gasteiger partial charge in [-0.2, -0.15) is 0 Å². The maximum atomic E-state index is 12.5. The van der Waals surface area contributed by atoms with Crippen LogP contribution in [0.4, 0.5) is 5.69 Å². The molecule has 0 saturated heterocycles. The van der Waals surface area contributed by atoms with Crippen molar-refractivity contribution in [2.45, 2.75) is 33.6 Å². The Kier molecular flexibility index (Phi) is 7.30. The van der Waals surface area contributed by atoms with Gasteiger partial charge in [0.15, 0.2) is 11.7 Å². The summed E-state index contributed by atoms with van der Waals surface area (Å²) in [5.74, 6) is 1.49. The third kappa shape index (κ3) is 5.75. The zero-order valence-corrected chi connectivity index (χ0v) is 19.2. The second-order valence-electron chi connectivity index (χ2n) is 7.92. The lowest BCUT2D eigenvalue weighted by atomic mass is 10.1. The molecule has 0 saturated carbocycles. The van der Waals surface area contributed by atoms with Crippen molar-refractivity contribution < 1.29 is 18.7 Å². The lowest BCUT2D eigenvalue weighted by molar-refractivity contribution is -0.133. The highest BCUT2D eigenvalue weighted by atomic mass is 16.5. The van der Waals surface area contributed by atoms with Crippen molar-refractivity contribution in [2.24, 2.45) is 0 Å². The summed E-state index contributed by atoms with van der Waals surface area (Å²) in [4.78, 5) is 30.6. The maximum absolute atomic E-state index is 12.5. The van der Waals surface area contributed by atoms with E-state index in [2.05, 4.69) is 10.3 Å². The summed E-state index contributed by atoms with van der Waals surface area (Å²) in [7, 11) is 3.24. The van der Waals surface area contributed by atoms with E-state index in [1.165, 1.54) is 4.90 Å². The third-order valence-corrected chi connectivity index (χ3v) is 5.23. The fraction of sp³-hybridized carbons (Fsp3) is 0.320. The molecule has 0 unspecified atom stereocenters. The number of amides is 2. The number of benzene rings is 2. The standard InChI is InChI=1S/C25H29N3O4/c1-16-12-17(2)25(18(3)13-16)27-22(29)15-28(4)24(30)11-10-23-26-14-21(32-23)19-6-8-20(31-5)9-7-19/h6-9,12-14H,10-11,15H2,1-5H3,(H,27,29). The van der Waals surface area contributed by atoms with E-state index in [0.29, 0.717) is 18.1 Å². The summed E-state index contributed by atoms with van der Waals surface area (Å²) >= 11 is 0. The summed E-state index contributed by atoms with van der Waals surface area (Å²) in [6, 6.07) is 11.5. The lowest BCUT2D eigenvalue weighted by Gasteiger charge is -2.18. The lowest BCUT2D eigenvalue weighted by Crippen LogP contribution is -2.35. The molecule has 7 nitrogen and oxygen atoms in total. The van der Waals surface area contributed by atoms with Gasteiger partial charge in [-0.3, -0.25) is 9.59 Å². The minimum Gasteiger partial charge on any atom is -0.497 e. The first kappa shape index (κ1) is 23.1. The molecule has 3 aromatic rings. The van der Waals surface area contributed by atoms with Crippen LogP contribution in [-0.2, 0) is 16.0 Å². The van der Waals surface area contributed by atoms with Gasteiger partial charge >= 0.3 is 0 Å². The van der Waals surface area contributed by atoms with Crippen molar-refractivity contribution in [3.63, 3.8) is 0 Å². The molecule has 32 heavy (non-hydrogen) atoms. The van der Waals surface area contributed by atoms with E-state index in [1.807, 2.05) is 57.2 Å².